The predicted octanol–water partition coefficient (Wildman–Crippen LogP) is 2.61. The lowest BCUT2D eigenvalue weighted by atomic mass is 10.1. The molecule has 1 aromatic heterocycles. The van der Waals surface area contributed by atoms with Gasteiger partial charge in [0.15, 0.2) is 0 Å². The molecule has 2 aromatic rings. The van der Waals surface area contributed by atoms with Gasteiger partial charge in [-0.2, -0.15) is 0 Å². The summed E-state index contributed by atoms with van der Waals surface area (Å²) in [6.45, 7) is 6.23. The second-order valence-electron chi connectivity index (χ2n) is 7.55. The monoisotopic (exact) mass is 371 g/mol. The number of imidazole rings is 1. The van der Waals surface area contributed by atoms with Gasteiger partial charge in [0.05, 0.1) is 11.7 Å². The Kier molecular flexibility index (Phi) is 5.18. The van der Waals surface area contributed by atoms with E-state index in [9.17, 15) is 9.59 Å². The Hall–Kier alpha value is -2.87. The lowest BCUT2D eigenvalue weighted by molar-refractivity contribution is -0.117. The van der Waals surface area contributed by atoms with E-state index in [1.54, 1.807) is 39.1 Å². The molecular weight excluding hydrogens is 346 g/mol. The fourth-order valence-electron chi connectivity index (χ4n) is 2.85. The minimum absolute atomic E-state index is 0.0290. The van der Waals surface area contributed by atoms with Crippen LogP contribution in [0.15, 0.2) is 30.5 Å². The summed E-state index contributed by atoms with van der Waals surface area (Å²) >= 11 is 0. The molecule has 0 bridgehead atoms. The Morgan fingerprint density at radius 1 is 1.30 bits per heavy atom. The van der Waals surface area contributed by atoms with Gasteiger partial charge in [0, 0.05) is 17.4 Å². The van der Waals surface area contributed by atoms with Gasteiger partial charge < -0.3 is 21.1 Å². The number of rotatable bonds is 3. The lowest BCUT2D eigenvalue weighted by Gasteiger charge is -2.19. The quantitative estimate of drug-likeness (QED) is 0.765. The van der Waals surface area contributed by atoms with Crippen LogP contribution in [0.3, 0.4) is 0 Å². The lowest BCUT2D eigenvalue weighted by Crippen LogP contribution is -2.35. The van der Waals surface area contributed by atoms with Crippen molar-refractivity contribution in [3.05, 3.63) is 30.5 Å². The summed E-state index contributed by atoms with van der Waals surface area (Å²) in [5.41, 5.74) is 7.26. The van der Waals surface area contributed by atoms with Crippen molar-refractivity contribution in [1.82, 2.24) is 14.9 Å². The van der Waals surface area contributed by atoms with Crippen LogP contribution in [0.1, 0.15) is 33.6 Å². The molecule has 4 N–H and O–H groups in total. The fraction of sp³-hybridized carbons (Fsp3) is 0.421. The number of hydrogen-bond donors (Lipinski definition) is 3. The van der Waals surface area contributed by atoms with E-state index in [4.69, 9.17) is 10.5 Å². The Morgan fingerprint density at radius 3 is 2.59 bits per heavy atom. The van der Waals surface area contributed by atoms with Crippen molar-refractivity contribution >= 4 is 23.6 Å². The summed E-state index contributed by atoms with van der Waals surface area (Å²) in [5, 5.41) is 6.06. The Labute approximate surface area is 158 Å². The molecule has 27 heavy (non-hydrogen) atoms. The van der Waals surface area contributed by atoms with E-state index in [-0.39, 0.29) is 17.9 Å². The number of amides is 1. The maximum atomic E-state index is 12.2. The first-order chi connectivity index (χ1) is 12.7. The molecule has 8 heteroatoms. The largest absolute Gasteiger partial charge is 0.443 e. The molecule has 1 aromatic carbocycles. The number of nitrogens with two attached hydrogens (primary N) is 1. The summed E-state index contributed by atoms with van der Waals surface area (Å²) in [7, 11) is 0. The molecule has 1 aliphatic rings. The summed E-state index contributed by atoms with van der Waals surface area (Å²) in [5.74, 6) is 0.0302. The molecule has 3 rings (SSSR count). The molecule has 8 nitrogen and oxygen atoms in total. The molecule has 1 fully saturated rings. The van der Waals surface area contributed by atoms with Crippen molar-refractivity contribution in [1.29, 1.82) is 0 Å². The predicted molar refractivity (Wildman–Crippen MR) is 103 cm³/mol. The number of aromatic nitrogens is 2. The number of nitrogens with zero attached hydrogens (tertiary/aromatic N) is 2. The van der Waals surface area contributed by atoms with E-state index in [2.05, 4.69) is 15.6 Å². The third kappa shape index (κ3) is 4.65. The molecule has 0 aliphatic carbocycles. The van der Waals surface area contributed by atoms with Crippen LogP contribution in [0.4, 0.5) is 16.4 Å². The number of ether oxygens (including phenoxy) is 1. The van der Waals surface area contributed by atoms with E-state index in [1.165, 1.54) is 4.57 Å². The Morgan fingerprint density at radius 2 is 2.00 bits per heavy atom. The second kappa shape index (κ2) is 7.40. The van der Waals surface area contributed by atoms with Gasteiger partial charge in [-0.1, -0.05) is 12.1 Å². The molecule has 1 aliphatic heterocycles. The van der Waals surface area contributed by atoms with Crippen molar-refractivity contribution in [2.45, 2.75) is 45.3 Å². The van der Waals surface area contributed by atoms with Crippen molar-refractivity contribution in [2.24, 2.45) is 0 Å². The van der Waals surface area contributed by atoms with Gasteiger partial charge in [0.1, 0.15) is 5.60 Å². The molecule has 1 atom stereocenters. The van der Waals surface area contributed by atoms with Gasteiger partial charge in [-0.15, -0.1) is 0 Å². The summed E-state index contributed by atoms with van der Waals surface area (Å²) in [6.07, 6.45) is 2.83. The maximum absolute atomic E-state index is 12.2. The van der Waals surface area contributed by atoms with Crippen LogP contribution in [0.2, 0.25) is 0 Å². The van der Waals surface area contributed by atoms with Crippen molar-refractivity contribution in [3.63, 3.8) is 0 Å². The number of nitrogen functional groups attached to an aromatic ring is 1. The summed E-state index contributed by atoms with van der Waals surface area (Å²) in [6, 6.07) is 7.10. The second-order valence-corrected chi connectivity index (χ2v) is 7.55. The number of nitrogens with one attached hydrogen (secondary N) is 2. The highest BCUT2D eigenvalue weighted by molar-refractivity contribution is 5.95. The van der Waals surface area contributed by atoms with Crippen molar-refractivity contribution in [3.8, 4) is 11.3 Å². The number of anilines is 2. The van der Waals surface area contributed by atoms with Gasteiger partial charge in [0.25, 0.3) is 0 Å². The maximum Gasteiger partial charge on any atom is 0.421 e. The van der Waals surface area contributed by atoms with E-state index in [0.29, 0.717) is 11.4 Å². The van der Waals surface area contributed by atoms with E-state index in [0.717, 1.165) is 24.9 Å². The summed E-state index contributed by atoms with van der Waals surface area (Å²) < 4.78 is 6.50. The standard InChI is InChI=1S/C19H25N5O3/c1-19(2,3)27-18(26)24-11-15(23-17(24)20)12-6-8-13(9-7-12)22-16(25)14-5-4-10-21-14/h6-9,11,14,21H,4-5,10H2,1-3H3,(H2,20,23)(H,22,25)/t14-/m1/s1. The van der Waals surface area contributed by atoms with E-state index >= 15 is 0 Å². The van der Waals surface area contributed by atoms with Crippen LogP contribution in [0.5, 0.6) is 0 Å². The highest BCUT2D eigenvalue weighted by Crippen LogP contribution is 2.23. The average Bonchev–Trinajstić information content (AvgIpc) is 3.23. The highest BCUT2D eigenvalue weighted by Gasteiger charge is 2.22. The topological polar surface area (TPSA) is 111 Å². The minimum Gasteiger partial charge on any atom is -0.443 e. The minimum atomic E-state index is -0.623. The van der Waals surface area contributed by atoms with Crippen molar-refractivity contribution in [2.75, 3.05) is 17.6 Å². The van der Waals surface area contributed by atoms with Gasteiger partial charge in [-0.3, -0.25) is 4.79 Å². The molecule has 144 valence electrons. The zero-order valence-electron chi connectivity index (χ0n) is 15.8. The van der Waals surface area contributed by atoms with Crippen LogP contribution in [-0.4, -0.2) is 39.7 Å². The number of hydrogen-bond acceptors (Lipinski definition) is 6. The smallest absolute Gasteiger partial charge is 0.421 e. The third-order valence-corrected chi connectivity index (χ3v) is 4.15. The van der Waals surface area contributed by atoms with Crippen LogP contribution < -0.4 is 16.4 Å². The van der Waals surface area contributed by atoms with Gasteiger partial charge in [0.2, 0.25) is 11.9 Å². The van der Waals surface area contributed by atoms with Gasteiger partial charge in [-0.25, -0.2) is 14.3 Å². The number of benzene rings is 1. The molecule has 1 amide bonds. The molecule has 1 saturated heterocycles. The third-order valence-electron chi connectivity index (χ3n) is 4.15. The Balaban J connectivity index is 1.71. The average molecular weight is 371 g/mol. The van der Waals surface area contributed by atoms with Crippen LogP contribution in [-0.2, 0) is 9.53 Å². The first-order valence-corrected chi connectivity index (χ1v) is 8.96. The molecule has 0 unspecified atom stereocenters. The zero-order valence-corrected chi connectivity index (χ0v) is 15.8. The SMILES string of the molecule is CC(C)(C)OC(=O)n1cc(-c2ccc(NC(=O)[C@H]3CCCN3)cc2)nc1N. The molecule has 0 radical (unpaired) electrons. The molecule has 2 heterocycles. The molecule has 0 spiro atoms. The van der Waals surface area contributed by atoms with Crippen molar-refractivity contribution < 1.29 is 14.3 Å². The zero-order chi connectivity index (χ0) is 19.6. The number of carbonyl (C=O) groups is 2. The van der Waals surface area contributed by atoms with Crippen LogP contribution in [0.25, 0.3) is 11.3 Å². The van der Waals surface area contributed by atoms with Crippen LogP contribution >= 0.6 is 0 Å². The van der Waals surface area contributed by atoms with Gasteiger partial charge in [-0.05, 0) is 52.3 Å². The molecule has 0 saturated carbocycles. The first-order valence-electron chi connectivity index (χ1n) is 8.96. The Bertz CT molecular complexity index is 830. The molecular formula is C19H25N5O3. The highest BCUT2D eigenvalue weighted by atomic mass is 16.6. The first kappa shape index (κ1) is 18.9. The van der Waals surface area contributed by atoms with Crippen LogP contribution in [0, 0.1) is 0 Å². The van der Waals surface area contributed by atoms with Gasteiger partial charge >= 0.3 is 6.09 Å². The fourth-order valence-corrected chi connectivity index (χ4v) is 2.85. The number of carbonyl (C=O) groups excluding carboxylic acids is 2. The normalized spacial score (nSPS) is 16.9. The van der Waals surface area contributed by atoms with E-state index in [1.807, 2.05) is 12.1 Å². The summed E-state index contributed by atoms with van der Waals surface area (Å²) in [4.78, 5) is 28.6. The van der Waals surface area contributed by atoms with E-state index < -0.39 is 11.7 Å².